The van der Waals surface area contributed by atoms with Crippen LogP contribution in [-0.4, -0.2) is 42.1 Å². The van der Waals surface area contributed by atoms with E-state index in [-0.39, 0.29) is 6.03 Å². The predicted octanol–water partition coefficient (Wildman–Crippen LogP) is 2.68. The van der Waals surface area contributed by atoms with E-state index in [4.69, 9.17) is 5.73 Å². The molecule has 1 aliphatic rings. The van der Waals surface area contributed by atoms with Crippen LogP contribution in [-0.2, 0) is 0 Å². The Morgan fingerprint density at radius 2 is 2.07 bits per heavy atom. The average molecular weight is 379 g/mol. The monoisotopic (exact) mass is 379 g/mol. The molecule has 1 aromatic carbocycles. The second-order valence-corrected chi connectivity index (χ2v) is 6.62. The number of nitrogens with one attached hydrogen (secondary N) is 2. The van der Waals surface area contributed by atoms with Gasteiger partial charge in [-0.1, -0.05) is 6.07 Å². The number of anilines is 3. The van der Waals surface area contributed by atoms with Crippen molar-refractivity contribution in [2.75, 3.05) is 29.5 Å². The first-order valence-electron chi connectivity index (χ1n) is 8.98. The standard InChI is InChI=1S/C20H25N7O/c1-14-5-7-16(21)11-18(14)27-10-4-9-22-19(24-13-26(3)20(27)28)25-17-8-6-15(2)23-12-17/h4-9,11-13,19,22,25H,10,21H2,1-3H3/b9-4+,24-13?. The highest BCUT2D eigenvalue weighted by Crippen LogP contribution is 2.24. The zero-order valence-corrected chi connectivity index (χ0v) is 16.3. The third-order valence-corrected chi connectivity index (χ3v) is 4.32. The number of amides is 2. The average Bonchev–Trinajstić information content (AvgIpc) is 2.68. The summed E-state index contributed by atoms with van der Waals surface area (Å²) in [5, 5.41) is 6.41. The number of aliphatic imine (C=N–C) groups is 1. The van der Waals surface area contributed by atoms with Crippen LogP contribution in [0.5, 0.6) is 0 Å². The Balaban J connectivity index is 1.80. The highest BCUT2D eigenvalue weighted by atomic mass is 16.2. The lowest BCUT2D eigenvalue weighted by atomic mass is 10.1. The number of benzene rings is 1. The molecule has 2 amide bonds. The molecule has 1 aliphatic heterocycles. The summed E-state index contributed by atoms with van der Waals surface area (Å²) in [6, 6.07) is 9.19. The third-order valence-electron chi connectivity index (χ3n) is 4.32. The van der Waals surface area contributed by atoms with E-state index >= 15 is 0 Å². The lowest BCUT2D eigenvalue weighted by molar-refractivity contribution is 0.234. The largest absolute Gasteiger partial charge is 0.399 e. The molecule has 28 heavy (non-hydrogen) atoms. The minimum atomic E-state index is -0.434. The molecule has 0 saturated heterocycles. The topological polar surface area (TPSA) is 98.9 Å². The number of carbonyl (C=O) groups is 1. The smallest absolute Gasteiger partial charge is 0.329 e. The molecular weight excluding hydrogens is 354 g/mol. The second kappa shape index (κ2) is 8.43. The van der Waals surface area contributed by atoms with E-state index in [0.717, 1.165) is 22.6 Å². The van der Waals surface area contributed by atoms with E-state index in [1.807, 2.05) is 44.2 Å². The van der Waals surface area contributed by atoms with Crippen molar-refractivity contribution in [1.29, 1.82) is 0 Å². The van der Waals surface area contributed by atoms with E-state index < -0.39 is 6.29 Å². The highest BCUT2D eigenvalue weighted by Gasteiger charge is 2.20. The number of urea groups is 1. The molecule has 1 unspecified atom stereocenters. The molecule has 146 valence electrons. The van der Waals surface area contributed by atoms with Crippen LogP contribution in [0.1, 0.15) is 11.3 Å². The second-order valence-electron chi connectivity index (χ2n) is 6.62. The SMILES string of the molecule is Cc1ccc(NC2N=CN(C)C(=O)N(c3cc(N)ccc3C)C/C=C/N2)cn1. The molecule has 8 heteroatoms. The summed E-state index contributed by atoms with van der Waals surface area (Å²) in [6.07, 6.45) is 6.47. The van der Waals surface area contributed by atoms with Crippen LogP contribution in [0.4, 0.5) is 21.9 Å². The van der Waals surface area contributed by atoms with Crippen LogP contribution in [0.25, 0.3) is 0 Å². The minimum absolute atomic E-state index is 0.195. The van der Waals surface area contributed by atoms with Gasteiger partial charge >= 0.3 is 6.03 Å². The van der Waals surface area contributed by atoms with Crippen molar-refractivity contribution in [3.8, 4) is 0 Å². The molecule has 8 nitrogen and oxygen atoms in total. The maximum Gasteiger partial charge on any atom is 0.329 e. The molecule has 2 aromatic rings. The molecule has 4 N–H and O–H groups in total. The van der Waals surface area contributed by atoms with Crippen molar-refractivity contribution in [3.63, 3.8) is 0 Å². The van der Waals surface area contributed by atoms with Crippen molar-refractivity contribution in [3.05, 3.63) is 60.1 Å². The molecular formula is C20H25N7O. The number of aryl methyl sites for hydroxylation is 2. The number of hydrogen-bond donors (Lipinski definition) is 3. The third kappa shape index (κ3) is 4.59. The molecule has 1 aromatic heterocycles. The predicted molar refractivity (Wildman–Crippen MR) is 113 cm³/mol. The van der Waals surface area contributed by atoms with Crippen molar-refractivity contribution in [1.82, 2.24) is 15.2 Å². The van der Waals surface area contributed by atoms with Crippen LogP contribution in [0, 0.1) is 13.8 Å². The number of nitrogens with two attached hydrogens (primary N) is 1. The first-order valence-corrected chi connectivity index (χ1v) is 8.98. The Morgan fingerprint density at radius 3 is 2.82 bits per heavy atom. The first kappa shape index (κ1) is 19.2. The molecule has 0 aliphatic carbocycles. The van der Waals surface area contributed by atoms with Crippen molar-refractivity contribution in [2.24, 2.45) is 4.99 Å². The van der Waals surface area contributed by atoms with Gasteiger partial charge < -0.3 is 16.4 Å². The molecule has 0 bridgehead atoms. The maximum absolute atomic E-state index is 13.0. The van der Waals surface area contributed by atoms with E-state index in [2.05, 4.69) is 20.6 Å². The van der Waals surface area contributed by atoms with Crippen molar-refractivity contribution in [2.45, 2.75) is 20.1 Å². The summed E-state index contributed by atoms with van der Waals surface area (Å²) in [7, 11) is 1.68. The van der Waals surface area contributed by atoms with Gasteiger partial charge in [0.1, 0.15) is 0 Å². The van der Waals surface area contributed by atoms with Gasteiger partial charge in [-0.2, -0.15) is 0 Å². The molecule has 0 radical (unpaired) electrons. The van der Waals surface area contributed by atoms with Gasteiger partial charge in [0.05, 0.1) is 23.9 Å². The normalized spacial score (nSPS) is 18.5. The highest BCUT2D eigenvalue weighted by molar-refractivity contribution is 5.99. The number of aromatic nitrogens is 1. The number of rotatable bonds is 3. The number of pyridine rings is 1. The Labute approximate surface area is 164 Å². The zero-order valence-electron chi connectivity index (χ0n) is 16.3. The van der Waals surface area contributed by atoms with E-state index in [1.165, 1.54) is 11.2 Å². The Hall–Kier alpha value is -3.55. The van der Waals surface area contributed by atoms with Crippen LogP contribution >= 0.6 is 0 Å². The van der Waals surface area contributed by atoms with Gasteiger partial charge in [-0.3, -0.25) is 14.8 Å². The number of carbonyl (C=O) groups excluding carboxylic acids is 1. The van der Waals surface area contributed by atoms with Crippen LogP contribution in [0.15, 0.2) is 53.8 Å². The lowest BCUT2D eigenvalue weighted by Gasteiger charge is -2.28. The van der Waals surface area contributed by atoms with Crippen LogP contribution in [0.3, 0.4) is 0 Å². The van der Waals surface area contributed by atoms with Crippen LogP contribution in [0.2, 0.25) is 0 Å². The van der Waals surface area contributed by atoms with Gasteiger partial charge in [0.15, 0.2) is 6.29 Å². The molecule has 0 fully saturated rings. The Morgan fingerprint density at radius 1 is 1.25 bits per heavy atom. The van der Waals surface area contributed by atoms with E-state index in [1.54, 1.807) is 30.4 Å². The molecule has 0 saturated carbocycles. The van der Waals surface area contributed by atoms with E-state index in [0.29, 0.717) is 12.2 Å². The summed E-state index contributed by atoms with van der Waals surface area (Å²) in [4.78, 5) is 24.8. The van der Waals surface area contributed by atoms with Gasteiger partial charge in [0, 0.05) is 25.0 Å². The molecule has 1 atom stereocenters. The van der Waals surface area contributed by atoms with Gasteiger partial charge in [0.25, 0.3) is 0 Å². The molecule has 2 heterocycles. The quantitative estimate of drug-likeness (QED) is 0.712. The van der Waals surface area contributed by atoms with Gasteiger partial charge in [-0.05, 0) is 56.0 Å². The lowest BCUT2D eigenvalue weighted by Crippen LogP contribution is -2.43. The summed E-state index contributed by atoms with van der Waals surface area (Å²) in [6.45, 7) is 4.28. The van der Waals surface area contributed by atoms with Crippen molar-refractivity contribution < 1.29 is 4.79 Å². The zero-order chi connectivity index (χ0) is 20.1. The minimum Gasteiger partial charge on any atom is -0.399 e. The van der Waals surface area contributed by atoms with E-state index in [9.17, 15) is 4.79 Å². The fraction of sp³-hybridized carbons (Fsp3) is 0.250. The summed E-state index contributed by atoms with van der Waals surface area (Å²) < 4.78 is 0. The van der Waals surface area contributed by atoms with Crippen molar-refractivity contribution >= 4 is 29.4 Å². The van der Waals surface area contributed by atoms with Gasteiger partial charge in [-0.15, -0.1) is 0 Å². The van der Waals surface area contributed by atoms with Gasteiger partial charge in [0.2, 0.25) is 0 Å². The fourth-order valence-electron chi connectivity index (χ4n) is 2.75. The number of hydrogen-bond acceptors (Lipinski definition) is 6. The number of nitrogen functional groups attached to an aromatic ring is 1. The maximum atomic E-state index is 13.0. The Bertz CT molecular complexity index is 892. The molecule has 0 spiro atoms. The molecule has 3 rings (SSSR count). The fourth-order valence-corrected chi connectivity index (χ4v) is 2.75. The number of nitrogens with zero attached hydrogens (tertiary/aromatic N) is 4. The van der Waals surface area contributed by atoms with Crippen LogP contribution < -0.4 is 21.3 Å². The summed E-state index contributed by atoms with van der Waals surface area (Å²) >= 11 is 0. The van der Waals surface area contributed by atoms with Gasteiger partial charge in [-0.25, -0.2) is 9.79 Å². The summed E-state index contributed by atoms with van der Waals surface area (Å²) in [5.41, 5.74) is 10.0. The summed E-state index contributed by atoms with van der Waals surface area (Å²) in [5.74, 6) is 0. The Kier molecular flexibility index (Phi) is 5.78. The first-order chi connectivity index (χ1) is 13.4.